The summed E-state index contributed by atoms with van der Waals surface area (Å²) in [6.45, 7) is 8.07. The lowest BCUT2D eigenvalue weighted by Crippen LogP contribution is -2.42. The summed E-state index contributed by atoms with van der Waals surface area (Å²) < 4.78 is 5.11. The summed E-state index contributed by atoms with van der Waals surface area (Å²) in [5.74, 6) is -0.250. The van der Waals surface area contributed by atoms with Crippen molar-refractivity contribution in [3.8, 4) is 5.75 Å². The number of rotatable bonds is 5. The Morgan fingerprint density at radius 2 is 1.83 bits per heavy atom. The SMILES string of the molecule is COc1ccc(NC(=O)CN2C(=O)S/C(=C\c3cc4c(cc3C)N(C)C(C)(C)C=C4C)C2=O)cc1. The summed E-state index contributed by atoms with van der Waals surface area (Å²) in [4.78, 5) is 41.6. The Hall–Kier alpha value is -3.52. The van der Waals surface area contributed by atoms with Crippen LogP contribution in [0.15, 0.2) is 47.4 Å². The van der Waals surface area contributed by atoms with E-state index in [2.05, 4.69) is 56.2 Å². The number of aryl methyl sites for hydroxylation is 1. The van der Waals surface area contributed by atoms with E-state index in [4.69, 9.17) is 4.74 Å². The number of carbonyl (C=O) groups excluding carboxylic acids is 3. The molecule has 8 heteroatoms. The average molecular weight is 492 g/mol. The molecule has 182 valence electrons. The third kappa shape index (κ3) is 4.84. The van der Waals surface area contributed by atoms with Crippen LogP contribution in [0.4, 0.5) is 16.2 Å². The number of anilines is 2. The topological polar surface area (TPSA) is 79.0 Å². The Morgan fingerprint density at radius 1 is 1.14 bits per heavy atom. The lowest BCUT2D eigenvalue weighted by Gasteiger charge is -2.41. The molecule has 1 saturated heterocycles. The van der Waals surface area contributed by atoms with E-state index < -0.39 is 17.1 Å². The van der Waals surface area contributed by atoms with Crippen molar-refractivity contribution in [3.05, 3.63) is 64.1 Å². The standard InChI is InChI=1S/C27H29N3O4S/c1-16-11-22-21(17(2)14-27(3,4)29(22)5)12-18(16)13-23-25(32)30(26(33)35-23)15-24(31)28-19-7-9-20(34-6)10-8-19/h7-14H,15H2,1-6H3,(H,28,31)/b23-13-. The van der Waals surface area contributed by atoms with E-state index in [0.29, 0.717) is 16.3 Å². The Kier molecular flexibility index (Phi) is 6.51. The molecule has 2 aliphatic rings. The van der Waals surface area contributed by atoms with Crippen molar-refractivity contribution in [2.75, 3.05) is 30.9 Å². The van der Waals surface area contributed by atoms with Gasteiger partial charge in [-0.25, -0.2) is 0 Å². The van der Waals surface area contributed by atoms with Gasteiger partial charge in [0.25, 0.3) is 11.1 Å². The number of thioether (sulfide) groups is 1. The van der Waals surface area contributed by atoms with Gasteiger partial charge in [-0.15, -0.1) is 0 Å². The number of hydrogen-bond donors (Lipinski definition) is 1. The monoisotopic (exact) mass is 491 g/mol. The fraction of sp³-hybridized carbons (Fsp3) is 0.296. The van der Waals surface area contributed by atoms with Crippen molar-refractivity contribution >= 4 is 51.8 Å². The van der Waals surface area contributed by atoms with Gasteiger partial charge in [-0.3, -0.25) is 19.3 Å². The molecule has 0 aliphatic carbocycles. The van der Waals surface area contributed by atoms with Crippen molar-refractivity contribution in [1.82, 2.24) is 4.90 Å². The lowest BCUT2D eigenvalue weighted by atomic mass is 9.87. The van der Waals surface area contributed by atoms with E-state index in [0.717, 1.165) is 39.0 Å². The van der Waals surface area contributed by atoms with Gasteiger partial charge in [0, 0.05) is 24.0 Å². The van der Waals surface area contributed by atoms with Gasteiger partial charge in [0.05, 0.1) is 17.6 Å². The molecule has 0 atom stereocenters. The first-order valence-electron chi connectivity index (χ1n) is 11.3. The third-order valence-electron chi connectivity index (χ3n) is 6.44. The Morgan fingerprint density at radius 3 is 2.49 bits per heavy atom. The van der Waals surface area contributed by atoms with Crippen molar-refractivity contribution < 1.29 is 19.1 Å². The fourth-order valence-corrected chi connectivity index (χ4v) is 5.10. The fourth-order valence-electron chi connectivity index (χ4n) is 4.27. The molecular weight excluding hydrogens is 462 g/mol. The van der Waals surface area contributed by atoms with Gasteiger partial charge in [-0.2, -0.15) is 0 Å². The second kappa shape index (κ2) is 9.26. The molecule has 0 spiro atoms. The van der Waals surface area contributed by atoms with Crippen LogP contribution in [0, 0.1) is 6.92 Å². The van der Waals surface area contributed by atoms with Crippen LogP contribution < -0.4 is 15.0 Å². The molecule has 2 aromatic carbocycles. The van der Waals surface area contributed by atoms with Gasteiger partial charge in [-0.05, 0) is 98.6 Å². The first-order chi connectivity index (χ1) is 16.5. The zero-order valence-electron chi connectivity index (χ0n) is 20.8. The number of imide groups is 1. The first-order valence-corrected chi connectivity index (χ1v) is 12.1. The minimum Gasteiger partial charge on any atom is -0.497 e. The maximum atomic E-state index is 13.0. The highest BCUT2D eigenvalue weighted by Gasteiger charge is 2.36. The molecule has 0 aromatic heterocycles. The minimum atomic E-state index is -0.465. The van der Waals surface area contributed by atoms with Crippen LogP contribution in [0.5, 0.6) is 5.75 Å². The van der Waals surface area contributed by atoms with Crippen molar-refractivity contribution in [2.45, 2.75) is 33.2 Å². The number of nitrogens with zero attached hydrogens (tertiary/aromatic N) is 2. The highest BCUT2D eigenvalue weighted by molar-refractivity contribution is 8.18. The van der Waals surface area contributed by atoms with Crippen LogP contribution in [-0.2, 0) is 9.59 Å². The minimum absolute atomic E-state index is 0.0971. The zero-order valence-corrected chi connectivity index (χ0v) is 21.6. The van der Waals surface area contributed by atoms with E-state index >= 15 is 0 Å². The second-order valence-electron chi connectivity index (χ2n) is 9.31. The Labute approximate surface area is 209 Å². The molecule has 0 unspecified atom stereocenters. The van der Waals surface area contributed by atoms with Crippen LogP contribution in [-0.4, -0.2) is 48.2 Å². The number of nitrogens with one attached hydrogen (secondary N) is 1. The molecule has 0 bridgehead atoms. The summed E-state index contributed by atoms with van der Waals surface area (Å²) in [5.41, 5.74) is 5.73. The number of likely N-dealkylation sites (N-methyl/N-ethyl adjacent to an activating group) is 1. The van der Waals surface area contributed by atoms with Gasteiger partial charge in [-0.1, -0.05) is 6.08 Å². The molecule has 2 aromatic rings. The van der Waals surface area contributed by atoms with E-state index in [9.17, 15) is 14.4 Å². The molecule has 4 rings (SSSR count). The van der Waals surface area contributed by atoms with Crippen molar-refractivity contribution in [3.63, 3.8) is 0 Å². The number of amides is 3. The van der Waals surface area contributed by atoms with Crippen LogP contribution >= 0.6 is 11.8 Å². The number of hydrogen-bond acceptors (Lipinski definition) is 6. The Bertz CT molecular complexity index is 1280. The van der Waals surface area contributed by atoms with Gasteiger partial charge in [0.1, 0.15) is 12.3 Å². The molecule has 3 amide bonds. The van der Waals surface area contributed by atoms with Gasteiger partial charge in [0.15, 0.2) is 0 Å². The molecule has 1 N–H and O–H groups in total. The van der Waals surface area contributed by atoms with E-state index in [-0.39, 0.29) is 12.1 Å². The summed E-state index contributed by atoms with van der Waals surface area (Å²) in [5, 5.41) is 2.25. The third-order valence-corrected chi connectivity index (χ3v) is 7.35. The summed E-state index contributed by atoms with van der Waals surface area (Å²) in [6.07, 6.45) is 3.97. The normalized spacial score (nSPS) is 18.0. The molecular formula is C27H29N3O4S. The van der Waals surface area contributed by atoms with Crippen LogP contribution in [0.1, 0.15) is 37.5 Å². The predicted octanol–water partition coefficient (Wildman–Crippen LogP) is 5.31. The lowest BCUT2D eigenvalue weighted by molar-refractivity contribution is -0.127. The van der Waals surface area contributed by atoms with Gasteiger partial charge < -0.3 is 15.0 Å². The molecule has 1 fully saturated rings. The summed E-state index contributed by atoms with van der Waals surface area (Å²) >= 11 is 0.854. The van der Waals surface area contributed by atoms with Crippen molar-refractivity contribution in [1.29, 1.82) is 0 Å². The number of ether oxygens (including phenoxy) is 1. The van der Waals surface area contributed by atoms with Gasteiger partial charge in [0.2, 0.25) is 5.91 Å². The number of allylic oxidation sites excluding steroid dienone is 1. The number of fused-ring (bicyclic) bond motifs is 1. The highest BCUT2D eigenvalue weighted by Crippen LogP contribution is 2.40. The zero-order chi connectivity index (χ0) is 25.5. The highest BCUT2D eigenvalue weighted by atomic mass is 32.2. The van der Waals surface area contributed by atoms with Crippen LogP contribution in [0.25, 0.3) is 11.6 Å². The average Bonchev–Trinajstić information content (AvgIpc) is 3.06. The number of methoxy groups -OCH3 is 1. The Balaban J connectivity index is 1.53. The molecule has 7 nitrogen and oxygen atoms in total. The summed E-state index contributed by atoms with van der Waals surface area (Å²) in [6, 6.07) is 11.0. The van der Waals surface area contributed by atoms with Gasteiger partial charge >= 0.3 is 0 Å². The molecule has 35 heavy (non-hydrogen) atoms. The van der Waals surface area contributed by atoms with E-state index in [1.807, 2.05) is 6.92 Å². The number of carbonyl (C=O) groups is 3. The smallest absolute Gasteiger partial charge is 0.294 e. The first kappa shape index (κ1) is 24.6. The largest absolute Gasteiger partial charge is 0.497 e. The molecule has 0 saturated carbocycles. The maximum absolute atomic E-state index is 13.0. The summed E-state index contributed by atoms with van der Waals surface area (Å²) in [7, 11) is 3.63. The number of benzene rings is 2. The van der Waals surface area contributed by atoms with Crippen molar-refractivity contribution in [2.24, 2.45) is 0 Å². The molecule has 2 aliphatic heterocycles. The second-order valence-corrected chi connectivity index (χ2v) is 10.3. The maximum Gasteiger partial charge on any atom is 0.294 e. The van der Waals surface area contributed by atoms with E-state index in [1.54, 1.807) is 37.5 Å². The quantitative estimate of drug-likeness (QED) is 0.571. The van der Waals surface area contributed by atoms with E-state index in [1.165, 1.54) is 5.57 Å². The van der Waals surface area contributed by atoms with Crippen LogP contribution in [0.3, 0.4) is 0 Å². The molecule has 0 radical (unpaired) electrons. The predicted molar refractivity (Wildman–Crippen MR) is 142 cm³/mol. The van der Waals surface area contributed by atoms with Crippen LogP contribution in [0.2, 0.25) is 0 Å². The molecule has 2 heterocycles.